The van der Waals surface area contributed by atoms with Gasteiger partial charge in [-0.05, 0) is 118 Å². The molecule has 2 heterocycles. The number of fused-ring (bicyclic) bond motifs is 2. The van der Waals surface area contributed by atoms with E-state index in [1.807, 2.05) is 67.6 Å². The van der Waals surface area contributed by atoms with E-state index < -0.39 is 65.3 Å². The van der Waals surface area contributed by atoms with E-state index in [-0.39, 0.29) is 63.4 Å². The molecule has 77 heavy (non-hydrogen) atoms. The van der Waals surface area contributed by atoms with Crippen molar-refractivity contribution in [3.8, 4) is 0 Å². The first-order valence-electron chi connectivity index (χ1n) is 27.5. The maximum Gasteiger partial charge on any atom is 0.243 e. The molecular weight excluding hydrogens is 973 g/mol. The number of nitrogens with one attached hydrogen (secondary N) is 10. The van der Waals surface area contributed by atoms with E-state index in [1.54, 1.807) is 6.20 Å². The van der Waals surface area contributed by atoms with Crippen molar-refractivity contribution in [1.29, 1.82) is 5.41 Å². The van der Waals surface area contributed by atoms with Crippen molar-refractivity contribution in [1.82, 2.24) is 47.5 Å². The van der Waals surface area contributed by atoms with Gasteiger partial charge in [-0.1, -0.05) is 112 Å². The molecule has 414 valence electrons. The number of aromatic amines is 1. The summed E-state index contributed by atoms with van der Waals surface area (Å²) in [6.45, 7) is 14.4. The van der Waals surface area contributed by atoms with Gasteiger partial charge in [0.05, 0.1) is 5.54 Å². The van der Waals surface area contributed by atoms with Crippen LogP contribution in [0, 0.1) is 5.41 Å². The van der Waals surface area contributed by atoms with Crippen LogP contribution in [0.1, 0.15) is 119 Å². The molecule has 18 nitrogen and oxygen atoms in total. The molecule has 1 spiro atoms. The highest BCUT2D eigenvalue weighted by Crippen LogP contribution is 2.35. The summed E-state index contributed by atoms with van der Waals surface area (Å²) < 4.78 is 0. The van der Waals surface area contributed by atoms with Crippen molar-refractivity contribution in [3.63, 3.8) is 0 Å². The van der Waals surface area contributed by atoms with E-state index in [0.717, 1.165) is 52.4 Å². The minimum atomic E-state index is -1.21. The highest BCUT2D eigenvalue weighted by atomic mass is 16.2. The molecule has 1 aliphatic carbocycles. The highest BCUT2D eigenvalue weighted by molar-refractivity contribution is 5.95. The maximum atomic E-state index is 15.2. The van der Waals surface area contributed by atoms with Gasteiger partial charge in [-0.3, -0.25) is 34.2 Å². The molecule has 18 heteroatoms. The third kappa shape index (κ3) is 17.3. The number of H-pyrrole nitrogens is 1. The lowest BCUT2D eigenvalue weighted by atomic mass is 9.74. The summed E-state index contributed by atoms with van der Waals surface area (Å²) in [4.78, 5) is 89.1. The second-order valence-corrected chi connectivity index (χ2v) is 20.7. The summed E-state index contributed by atoms with van der Waals surface area (Å²) in [5, 5.41) is 33.4. The van der Waals surface area contributed by atoms with Crippen molar-refractivity contribution in [3.05, 3.63) is 131 Å². The first-order valence-corrected chi connectivity index (χ1v) is 27.5. The van der Waals surface area contributed by atoms with Gasteiger partial charge in [-0.15, -0.1) is 0 Å². The van der Waals surface area contributed by atoms with Crippen LogP contribution in [-0.2, 0) is 60.9 Å². The van der Waals surface area contributed by atoms with E-state index in [1.165, 1.54) is 11.1 Å². The van der Waals surface area contributed by atoms with Gasteiger partial charge < -0.3 is 59.0 Å². The first kappa shape index (κ1) is 58.8. The number of hydrogen-bond donors (Lipinski definition) is 12. The summed E-state index contributed by atoms with van der Waals surface area (Å²) in [7, 11) is 0. The average Bonchev–Trinajstić information content (AvgIpc) is 3.83. The molecule has 0 saturated carbocycles. The Morgan fingerprint density at radius 1 is 0.766 bits per heavy atom. The van der Waals surface area contributed by atoms with Gasteiger partial charge >= 0.3 is 0 Å². The molecule has 0 bridgehead atoms. The molecule has 3 aromatic carbocycles. The van der Waals surface area contributed by atoms with Crippen LogP contribution < -0.4 is 54.0 Å². The Labute approximate surface area is 453 Å². The third-order valence-electron chi connectivity index (χ3n) is 14.7. The molecule has 1 unspecified atom stereocenters. The SMILES string of the molecule is C=C1CCNCCCC[C@@H](C(N)=O)NC(=O)[C@H](Cc2c[nH]c3ccccc23)NC(=O)[C@H](CCCNC(=N)N)NC(=O)[C@@H](Cc2ccccc2)NC(=C)C2(CCc3c(CCC)cccc3C2)NC(=O)[C@@H](NC(=O)CCCC)C1. The zero-order valence-electron chi connectivity index (χ0n) is 45.1. The van der Waals surface area contributed by atoms with Crippen LogP contribution in [0.5, 0.6) is 0 Å². The zero-order valence-corrected chi connectivity index (χ0v) is 45.1. The molecule has 1 aliphatic heterocycles. The van der Waals surface area contributed by atoms with Crippen molar-refractivity contribution >= 4 is 52.3 Å². The molecular formula is C59H82N12O6. The number of nitrogens with two attached hydrogens (primary N) is 2. The fourth-order valence-corrected chi connectivity index (χ4v) is 10.4. The molecule has 1 fully saturated rings. The standard InChI is InChI=1S/C59H82N12O6/c1-5-7-26-52(72)67-49-33-38(3)28-32-63-30-14-13-24-47(53(60)73)68-56(76)51(35-43-37-65-46-23-12-11-22-45(43)46)70-54(74)48(25-16-31-64-58(61)62)69-55(75)50(34-40-18-9-8-10-19-40)66-39(4)59(71-57(49)77)29-27-44-41(17-6-2)20-15-21-42(44)36-59/h8-12,15,18-23,37,47-51,63,65-66H,3-7,13-14,16-17,24-36H2,1-2H3,(H2,60,73)(H,67,72)(H,68,76)(H,69,75)(H,70,74)(H,71,77)(H4,61,62,64)/t47-,48-,49-,50+,51-,59?/m0/s1. The van der Waals surface area contributed by atoms with Gasteiger partial charge in [0.2, 0.25) is 35.4 Å². The van der Waals surface area contributed by atoms with Crippen molar-refractivity contribution in [2.75, 3.05) is 19.6 Å². The molecule has 6 rings (SSSR count). The lowest BCUT2D eigenvalue weighted by Gasteiger charge is -2.43. The second kappa shape index (κ2) is 29.2. The van der Waals surface area contributed by atoms with Gasteiger partial charge in [-0.2, -0.15) is 0 Å². The molecule has 6 amide bonds. The molecule has 1 saturated heterocycles. The summed E-state index contributed by atoms with van der Waals surface area (Å²) >= 11 is 0. The van der Waals surface area contributed by atoms with Crippen LogP contribution in [0.3, 0.4) is 0 Å². The van der Waals surface area contributed by atoms with Crippen LogP contribution in [0.15, 0.2) is 103 Å². The third-order valence-corrected chi connectivity index (χ3v) is 14.7. The van der Waals surface area contributed by atoms with Crippen LogP contribution in [-0.4, -0.2) is 102 Å². The van der Waals surface area contributed by atoms with E-state index in [9.17, 15) is 19.2 Å². The Hall–Kier alpha value is -7.47. The van der Waals surface area contributed by atoms with Crippen molar-refractivity contribution < 1.29 is 28.8 Å². The largest absolute Gasteiger partial charge is 0.375 e. The van der Waals surface area contributed by atoms with E-state index in [2.05, 4.69) is 79.7 Å². The van der Waals surface area contributed by atoms with Crippen LogP contribution in [0.25, 0.3) is 10.9 Å². The number of aromatic nitrogens is 1. The van der Waals surface area contributed by atoms with E-state index >= 15 is 9.59 Å². The maximum absolute atomic E-state index is 15.2. The van der Waals surface area contributed by atoms with Crippen molar-refractivity contribution in [2.24, 2.45) is 11.5 Å². The van der Waals surface area contributed by atoms with Gasteiger partial charge in [0, 0.05) is 55.0 Å². The minimum Gasteiger partial charge on any atom is -0.375 e. The summed E-state index contributed by atoms with van der Waals surface area (Å²) in [5.74, 6) is -3.46. The number of amides is 6. The number of para-hydroxylation sites is 1. The fourth-order valence-electron chi connectivity index (χ4n) is 10.4. The number of carbonyl (C=O) groups excluding carboxylic acids is 6. The number of unbranched alkanes of at least 4 members (excludes halogenated alkanes) is 1. The van der Waals surface area contributed by atoms with Gasteiger partial charge in [0.1, 0.15) is 30.2 Å². The molecule has 0 radical (unpaired) electrons. The number of guanidine groups is 1. The fraction of sp³-hybridized carbons (Fsp3) is 0.475. The number of aryl methyl sites for hydroxylation is 1. The lowest BCUT2D eigenvalue weighted by Crippen LogP contribution is -2.62. The molecule has 1 aromatic heterocycles. The molecule has 14 N–H and O–H groups in total. The molecule has 4 aromatic rings. The van der Waals surface area contributed by atoms with Crippen LogP contribution >= 0.6 is 0 Å². The lowest BCUT2D eigenvalue weighted by molar-refractivity contribution is -0.133. The Morgan fingerprint density at radius 3 is 2.25 bits per heavy atom. The van der Waals surface area contributed by atoms with Gasteiger partial charge in [0.25, 0.3) is 0 Å². The predicted molar refractivity (Wildman–Crippen MR) is 302 cm³/mol. The Morgan fingerprint density at radius 2 is 1.49 bits per heavy atom. The van der Waals surface area contributed by atoms with Gasteiger partial charge in [-0.25, -0.2) is 0 Å². The van der Waals surface area contributed by atoms with Crippen LogP contribution in [0.2, 0.25) is 0 Å². The van der Waals surface area contributed by atoms with Crippen molar-refractivity contribution in [2.45, 2.75) is 159 Å². The van der Waals surface area contributed by atoms with E-state index in [0.29, 0.717) is 63.7 Å². The summed E-state index contributed by atoms with van der Waals surface area (Å²) in [5.41, 5.74) is 17.4. The predicted octanol–water partition coefficient (Wildman–Crippen LogP) is 4.41. The molecule has 2 aliphatic rings. The summed E-state index contributed by atoms with van der Waals surface area (Å²) in [6, 6.07) is 17.8. The Balaban J connectivity index is 1.41. The number of primary amides is 1. The Kier molecular flexibility index (Phi) is 22.3. The summed E-state index contributed by atoms with van der Waals surface area (Å²) in [6.07, 6.45) is 9.43. The second-order valence-electron chi connectivity index (χ2n) is 20.7. The zero-order chi connectivity index (χ0) is 55.3. The van der Waals surface area contributed by atoms with Gasteiger partial charge in [0.15, 0.2) is 5.96 Å². The first-order chi connectivity index (χ1) is 37.1. The quantitative estimate of drug-likeness (QED) is 0.0345. The smallest absolute Gasteiger partial charge is 0.243 e. The monoisotopic (exact) mass is 1050 g/mol. The topological polar surface area (TPSA) is 290 Å². The van der Waals surface area contributed by atoms with Crippen LogP contribution in [0.4, 0.5) is 0 Å². The highest BCUT2D eigenvalue weighted by Gasteiger charge is 2.42. The molecule has 6 atom stereocenters. The number of benzene rings is 3. The Bertz CT molecular complexity index is 2710. The normalized spacial score (nSPS) is 22.7. The van der Waals surface area contributed by atoms with E-state index in [4.69, 9.17) is 16.9 Å². The number of carbonyl (C=O) groups is 6. The number of rotatable bonds is 15. The average molecular weight is 1060 g/mol. The number of hydrogen-bond acceptors (Lipinski definition) is 9. The minimum absolute atomic E-state index is 0.0347.